The number of hydrogen-bond acceptors (Lipinski definition) is 2. The lowest BCUT2D eigenvalue weighted by Gasteiger charge is -2.12. The van der Waals surface area contributed by atoms with Crippen molar-refractivity contribution in [2.75, 3.05) is 0 Å². The Hall–Kier alpha value is 0.480. The molecule has 1 aromatic carbocycles. The fourth-order valence-electron chi connectivity index (χ4n) is 1.45. The zero-order valence-electron chi connectivity index (χ0n) is 8.38. The van der Waals surface area contributed by atoms with Crippen molar-refractivity contribution in [2.24, 2.45) is 5.73 Å². The third-order valence-electron chi connectivity index (χ3n) is 2.32. The minimum Gasteiger partial charge on any atom is -0.320 e. The Balaban J connectivity index is 2.40. The standard InChI is InChI=1S/C11H7Cl3INS/c12-7-3-5(1-2-8(7)15)10(16)6-4-9(13)17-11(6)14/h1-4,10H,16H2. The number of rotatable bonds is 2. The van der Waals surface area contributed by atoms with E-state index in [-0.39, 0.29) is 6.04 Å². The summed E-state index contributed by atoms with van der Waals surface area (Å²) in [5.41, 5.74) is 7.91. The van der Waals surface area contributed by atoms with Gasteiger partial charge in [-0.15, -0.1) is 11.3 Å². The van der Waals surface area contributed by atoms with Crippen molar-refractivity contribution in [1.82, 2.24) is 0 Å². The predicted molar refractivity (Wildman–Crippen MR) is 84.5 cm³/mol. The first-order valence-corrected chi connectivity index (χ1v) is 7.67. The van der Waals surface area contributed by atoms with E-state index in [4.69, 9.17) is 40.5 Å². The van der Waals surface area contributed by atoms with Gasteiger partial charge in [0.2, 0.25) is 0 Å². The van der Waals surface area contributed by atoms with Gasteiger partial charge in [0.15, 0.2) is 0 Å². The van der Waals surface area contributed by atoms with E-state index in [2.05, 4.69) is 22.6 Å². The largest absolute Gasteiger partial charge is 0.320 e. The summed E-state index contributed by atoms with van der Waals surface area (Å²) in [4.78, 5) is 0. The molecule has 17 heavy (non-hydrogen) atoms. The Bertz CT molecular complexity index is 556. The van der Waals surface area contributed by atoms with Gasteiger partial charge in [-0.1, -0.05) is 40.9 Å². The van der Waals surface area contributed by atoms with E-state index in [1.165, 1.54) is 11.3 Å². The Labute approximate surface area is 132 Å². The van der Waals surface area contributed by atoms with Crippen LogP contribution in [0.5, 0.6) is 0 Å². The van der Waals surface area contributed by atoms with Gasteiger partial charge in [-0.2, -0.15) is 0 Å². The SMILES string of the molecule is NC(c1ccc(I)c(Cl)c1)c1cc(Cl)sc1Cl. The third kappa shape index (κ3) is 3.08. The van der Waals surface area contributed by atoms with Crippen LogP contribution in [0.1, 0.15) is 17.2 Å². The second-order valence-electron chi connectivity index (χ2n) is 3.43. The number of halogens is 4. The zero-order valence-corrected chi connectivity index (χ0v) is 13.6. The van der Waals surface area contributed by atoms with Crippen molar-refractivity contribution < 1.29 is 0 Å². The van der Waals surface area contributed by atoms with E-state index >= 15 is 0 Å². The second-order valence-corrected chi connectivity index (χ2v) is 7.29. The molecule has 1 nitrogen and oxygen atoms in total. The molecule has 0 aliphatic carbocycles. The van der Waals surface area contributed by atoms with E-state index in [1.807, 2.05) is 18.2 Å². The summed E-state index contributed by atoms with van der Waals surface area (Å²) in [6, 6.07) is 7.22. The minimum atomic E-state index is -0.305. The number of nitrogens with two attached hydrogens (primary N) is 1. The molecular weight excluding hydrogens is 411 g/mol. The van der Waals surface area contributed by atoms with Crippen LogP contribution in [0, 0.1) is 3.57 Å². The lowest BCUT2D eigenvalue weighted by atomic mass is 10.0. The first-order chi connectivity index (χ1) is 7.99. The summed E-state index contributed by atoms with van der Waals surface area (Å²) in [5.74, 6) is 0. The lowest BCUT2D eigenvalue weighted by molar-refractivity contribution is 0.877. The van der Waals surface area contributed by atoms with E-state index in [0.29, 0.717) is 13.7 Å². The summed E-state index contributed by atoms with van der Waals surface area (Å²) >= 11 is 21.5. The molecule has 90 valence electrons. The van der Waals surface area contributed by atoms with Crippen LogP contribution in [0.4, 0.5) is 0 Å². The van der Waals surface area contributed by atoms with Crippen molar-refractivity contribution in [2.45, 2.75) is 6.04 Å². The molecule has 1 atom stereocenters. The van der Waals surface area contributed by atoms with Gasteiger partial charge in [-0.05, 0) is 46.4 Å². The molecule has 0 amide bonds. The highest BCUT2D eigenvalue weighted by Crippen LogP contribution is 2.37. The fraction of sp³-hybridized carbons (Fsp3) is 0.0909. The maximum absolute atomic E-state index is 6.15. The molecule has 0 aliphatic heterocycles. The normalized spacial score (nSPS) is 12.8. The van der Waals surface area contributed by atoms with Gasteiger partial charge in [0.1, 0.15) is 0 Å². The molecule has 1 aromatic heterocycles. The average Bonchev–Trinajstić information content (AvgIpc) is 2.61. The molecule has 0 bridgehead atoms. The van der Waals surface area contributed by atoms with Gasteiger partial charge in [-0.25, -0.2) is 0 Å². The smallest absolute Gasteiger partial charge is 0.0995 e. The molecule has 0 aliphatic rings. The summed E-state index contributed by atoms with van der Waals surface area (Å²) in [6.45, 7) is 0. The summed E-state index contributed by atoms with van der Waals surface area (Å²) in [6.07, 6.45) is 0. The maximum atomic E-state index is 6.15. The first-order valence-electron chi connectivity index (χ1n) is 4.64. The molecule has 0 fully saturated rings. The summed E-state index contributed by atoms with van der Waals surface area (Å²) in [7, 11) is 0. The van der Waals surface area contributed by atoms with E-state index in [1.54, 1.807) is 6.07 Å². The molecule has 2 N–H and O–H groups in total. The van der Waals surface area contributed by atoms with Crippen LogP contribution in [-0.4, -0.2) is 0 Å². The monoisotopic (exact) mass is 417 g/mol. The minimum absolute atomic E-state index is 0.305. The molecule has 2 rings (SSSR count). The van der Waals surface area contributed by atoms with Crippen molar-refractivity contribution in [3.8, 4) is 0 Å². The van der Waals surface area contributed by atoms with Crippen molar-refractivity contribution in [3.63, 3.8) is 0 Å². The molecule has 1 unspecified atom stereocenters. The van der Waals surface area contributed by atoms with Crippen LogP contribution in [0.3, 0.4) is 0 Å². The lowest BCUT2D eigenvalue weighted by Crippen LogP contribution is -2.11. The van der Waals surface area contributed by atoms with Crippen LogP contribution >= 0.6 is 68.7 Å². The average molecular weight is 419 g/mol. The number of thiophene rings is 1. The number of benzene rings is 1. The Kier molecular flexibility index (Phi) is 4.61. The zero-order chi connectivity index (χ0) is 12.6. The maximum Gasteiger partial charge on any atom is 0.0995 e. The van der Waals surface area contributed by atoms with Gasteiger partial charge < -0.3 is 5.73 Å². The van der Waals surface area contributed by atoms with E-state index < -0.39 is 0 Å². The van der Waals surface area contributed by atoms with Crippen molar-refractivity contribution in [3.05, 3.63) is 52.7 Å². The highest BCUT2D eigenvalue weighted by Gasteiger charge is 2.16. The molecular formula is C11H7Cl3INS. The van der Waals surface area contributed by atoms with Crippen LogP contribution in [0.15, 0.2) is 24.3 Å². The highest BCUT2D eigenvalue weighted by molar-refractivity contribution is 14.1. The quantitative estimate of drug-likeness (QED) is 0.653. The molecule has 0 saturated carbocycles. The molecule has 0 radical (unpaired) electrons. The fourth-order valence-corrected chi connectivity index (χ4v) is 3.52. The highest BCUT2D eigenvalue weighted by atomic mass is 127. The van der Waals surface area contributed by atoms with Gasteiger partial charge >= 0.3 is 0 Å². The van der Waals surface area contributed by atoms with Gasteiger partial charge in [0.05, 0.1) is 19.7 Å². The van der Waals surface area contributed by atoms with Gasteiger partial charge in [0.25, 0.3) is 0 Å². The molecule has 0 saturated heterocycles. The Morgan fingerprint density at radius 2 is 1.88 bits per heavy atom. The van der Waals surface area contributed by atoms with Crippen LogP contribution in [0.2, 0.25) is 13.7 Å². The van der Waals surface area contributed by atoms with E-state index in [9.17, 15) is 0 Å². The molecule has 2 aromatic rings. The molecule has 0 spiro atoms. The van der Waals surface area contributed by atoms with E-state index in [0.717, 1.165) is 14.7 Å². The van der Waals surface area contributed by atoms with Gasteiger partial charge in [0, 0.05) is 9.13 Å². The van der Waals surface area contributed by atoms with Crippen LogP contribution < -0.4 is 5.73 Å². The molecule has 6 heteroatoms. The topological polar surface area (TPSA) is 26.0 Å². The number of hydrogen-bond donors (Lipinski definition) is 1. The molecule has 1 heterocycles. The first kappa shape index (κ1) is 13.9. The van der Waals surface area contributed by atoms with Crippen LogP contribution in [0.25, 0.3) is 0 Å². The van der Waals surface area contributed by atoms with Crippen molar-refractivity contribution in [1.29, 1.82) is 0 Å². The summed E-state index contributed by atoms with van der Waals surface area (Å²) < 4.78 is 2.25. The Morgan fingerprint density at radius 1 is 1.18 bits per heavy atom. The predicted octanol–water partition coefficient (Wildman–Crippen LogP) is 5.36. The van der Waals surface area contributed by atoms with Gasteiger partial charge in [-0.3, -0.25) is 0 Å². The second kappa shape index (κ2) is 5.63. The summed E-state index contributed by atoms with van der Waals surface area (Å²) in [5, 5.41) is 0.691. The van der Waals surface area contributed by atoms with Crippen molar-refractivity contribution >= 4 is 68.7 Å². The van der Waals surface area contributed by atoms with Crippen LogP contribution in [-0.2, 0) is 0 Å². The third-order valence-corrected chi connectivity index (χ3v) is 5.41. The Morgan fingerprint density at radius 3 is 2.41 bits per heavy atom.